The van der Waals surface area contributed by atoms with Crippen LogP contribution in [0.4, 0.5) is 0 Å². The summed E-state index contributed by atoms with van der Waals surface area (Å²) in [6.07, 6.45) is 7.94. The van der Waals surface area contributed by atoms with Gasteiger partial charge in [0.15, 0.2) is 0 Å². The predicted molar refractivity (Wildman–Crippen MR) is 104 cm³/mol. The molecule has 2 aliphatic heterocycles. The van der Waals surface area contributed by atoms with Crippen molar-refractivity contribution in [1.82, 2.24) is 19.8 Å². The molecule has 2 fully saturated rings. The van der Waals surface area contributed by atoms with Gasteiger partial charge in [-0.2, -0.15) is 0 Å². The van der Waals surface area contributed by atoms with Gasteiger partial charge in [0, 0.05) is 50.9 Å². The van der Waals surface area contributed by atoms with Crippen LogP contribution in [0.25, 0.3) is 0 Å². The lowest BCUT2D eigenvalue weighted by Crippen LogP contribution is -2.53. The summed E-state index contributed by atoms with van der Waals surface area (Å²) in [5, 5.41) is 0.0490. The first-order chi connectivity index (χ1) is 12.5. The standard InChI is InChI=1S/C19H30N4O2S/c1-3-26-15(2)18(25)22-10-7-19(8-11-22)6-4-17(24)23(13-19)9-5-16-12-20-14-21-16/h12,14-15H,3-11,13H2,1-2H3,(H,20,21)/t15-/m0/s1. The molecule has 2 aliphatic rings. The molecule has 1 aromatic rings. The second-order valence-corrected chi connectivity index (χ2v) is 9.18. The Bertz CT molecular complexity index is 611. The molecule has 2 saturated heterocycles. The van der Waals surface area contributed by atoms with E-state index in [0.717, 1.165) is 63.3 Å². The van der Waals surface area contributed by atoms with Crippen LogP contribution in [0.15, 0.2) is 12.5 Å². The van der Waals surface area contributed by atoms with Crippen molar-refractivity contribution in [2.75, 3.05) is 31.9 Å². The van der Waals surface area contributed by atoms with Gasteiger partial charge in [0.25, 0.3) is 0 Å². The Morgan fingerprint density at radius 1 is 1.38 bits per heavy atom. The molecule has 0 bridgehead atoms. The van der Waals surface area contributed by atoms with Gasteiger partial charge < -0.3 is 14.8 Å². The molecule has 26 heavy (non-hydrogen) atoms. The molecule has 1 N–H and O–H groups in total. The molecular weight excluding hydrogens is 348 g/mol. The summed E-state index contributed by atoms with van der Waals surface area (Å²) in [7, 11) is 0. The third kappa shape index (κ3) is 4.42. The van der Waals surface area contributed by atoms with Gasteiger partial charge in [-0.15, -0.1) is 11.8 Å². The highest BCUT2D eigenvalue weighted by atomic mass is 32.2. The Hall–Kier alpha value is -1.50. The molecule has 1 aromatic heterocycles. The lowest BCUT2D eigenvalue weighted by atomic mass is 9.72. The average molecular weight is 379 g/mol. The second-order valence-electron chi connectivity index (χ2n) is 7.56. The van der Waals surface area contributed by atoms with Crippen LogP contribution in [0.3, 0.4) is 0 Å². The number of carbonyl (C=O) groups excluding carboxylic acids is 2. The molecule has 0 saturated carbocycles. The number of thioether (sulfide) groups is 1. The van der Waals surface area contributed by atoms with Crippen molar-refractivity contribution < 1.29 is 9.59 Å². The minimum absolute atomic E-state index is 0.0490. The number of nitrogens with one attached hydrogen (secondary N) is 1. The monoisotopic (exact) mass is 378 g/mol. The van der Waals surface area contributed by atoms with E-state index in [1.165, 1.54) is 0 Å². The summed E-state index contributed by atoms with van der Waals surface area (Å²) >= 11 is 1.71. The Labute approximate surface area is 160 Å². The number of imidazole rings is 1. The minimum Gasteiger partial charge on any atom is -0.348 e. The summed E-state index contributed by atoms with van der Waals surface area (Å²) in [6.45, 7) is 7.34. The van der Waals surface area contributed by atoms with E-state index >= 15 is 0 Å². The molecule has 0 aromatic carbocycles. The second kappa shape index (κ2) is 8.46. The molecule has 1 atom stereocenters. The number of hydrogen-bond acceptors (Lipinski definition) is 4. The number of nitrogens with zero attached hydrogens (tertiary/aromatic N) is 3. The topological polar surface area (TPSA) is 69.3 Å². The lowest BCUT2D eigenvalue weighted by molar-refractivity contribution is -0.142. The lowest BCUT2D eigenvalue weighted by Gasteiger charge is -2.47. The number of aromatic amines is 1. The maximum absolute atomic E-state index is 12.5. The zero-order valence-corrected chi connectivity index (χ0v) is 16.7. The van der Waals surface area contributed by atoms with Gasteiger partial charge in [0.2, 0.25) is 11.8 Å². The Morgan fingerprint density at radius 2 is 2.15 bits per heavy atom. The van der Waals surface area contributed by atoms with Gasteiger partial charge in [0.05, 0.1) is 11.6 Å². The van der Waals surface area contributed by atoms with Gasteiger partial charge in [0.1, 0.15) is 0 Å². The molecule has 1 spiro atoms. The molecule has 2 amide bonds. The number of carbonyl (C=O) groups is 2. The average Bonchev–Trinajstić information content (AvgIpc) is 3.16. The number of likely N-dealkylation sites (tertiary alicyclic amines) is 2. The third-order valence-corrected chi connectivity index (χ3v) is 6.89. The van der Waals surface area contributed by atoms with Crippen molar-refractivity contribution in [3.05, 3.63) is 18.2 Å². The van der Waals surface area contributed by atoms with Crippen LogP contribution in [-0.4, -0.2) is 68.8 Å². The van der Waals surface area contributed by atoms with E-state index in [9.17, 15) is 9.59 Å². The maximum Gasteiger partial charge on any atom is 0.235 e. The molecule has 6 nitrogen and oxygen atoms in total. The van der Waals surface area contributed by atoms with E-state index < -0.39 is 0 Å². The van der Waals surface area contributed by atoms with Crippen molar-refractivity contribution in [3.63, 3.8) is 0 Å². The fourth-order valence-corrected chi connectivity index (χ4v) is 4.96. The summed E-state index contributed by atoms with van der Waals surface area (Å²) in [6, 6.07) is 0. The summed E-state index contributed by atoms with van der Waals surface area (Å²) < 4.78 is 0. The van der Waals surface area contributed by atoms with E-state index in [2.05, 4.69) is 16.9 Å². The Morgan fingerprint density at radius 3 is 2.81 bits per heavy atom. The number of rotatable bonds is 6. The fraction of sp³-hybridized carbons (Fsp3) is 0.737. The highest BCUT2D eigenvalue weighted by Gasteiger charge is 2.41. The first-order valence-electron chi connectivity index (χ1n) is 9.68. The first-order valence-corrected chi connectivity index (χ1v) is 10.7. The SMILES string of the molecule is CCS[C@@H](C)C(=O)N1CCC2(CCC(=O)N(CCc3cnc[nH]3)C2)CC1. The number of H-pyrrole nitrogens is 1. The molecule has 0 radical (unpaired) electrons. The van der Waals surface area contributed by atoms with E-state index in [1.807, 2.05) is 22.9 Å². The third-order valence-electron chi connectivity index (χ3n) is 5.85. The largest absolute Gasteiger partial charge is 0.348 e. The molecule has 144 valence electrons. The highest BCUT2D eigenvalue weighted by molar-refractivity contribution is 8.00. The summed E-state index contributed by atoms with van der Waals surface area (Å²) in [5.74, 6) is 1.51. The highest BCUT2D eigenvalue weighted by Crippen LogP contribution is 2.40. The number of piperidine rings is 2. The molecule has 3 rings (SSSR count). The molecular formula is C19H30N4O2S. The molecule has 7 heteroatoms. The number of hydrogen-bond donors (Lipinski definition) is 1. The van der Waals surface area contributed by atoms with Crippen molar-refractivity contribution in [2.24, 2.45) is 5.41 Å². The Balaban J connectivity index is 1.54. The number of amides is 2. The van der Waals surface area contributed by atoms with Crippen molar-refractivity contribution in [1.29, 1.82) is 0 Å². The van der Waals surface area contributed by atoms with Gasteiger partial charge in [-0.25, -0.2) is 4.98 Å². The van der Waals surface area contributed by atoms with Crippen molar-refractivity contribution in [2.45, 2.75) is 51.2 Å². The van der Waals surface area contributed by atoms with E-state index in [4.69, 9.17) is 0 Å². The van der Waals surface area contributed by atoms with Crippen molar-refractivity contribution in [3.8, 4) is 0 Å². The van der Waals surface area contributed by atoms with Gasteiger partial charge in [-0.1, -0.05) is 6.92 Å². The van der Waals surface area contributed by atoms with E-state index in [1.54, 1.807) is 18.1 Å². The smallest absolute Gasteiger partial charge is 0.235 e. The maximum atomic E-state index is 12.5. The summed E-state index contributed by atoms with van der Waals surface area (Å²) in [5.41, 5.74) is 1.26. The van der Waals surface area contributed by atoms with Gasteiger partial charge >= 0.3 is 0 Å². The summed E-state index contributed by atoms with van der Waals surface area (Å²) in [4.78, 5) is 36.1. The van der Waals surface area contributed by atoms with Crippen LogP contribution < -0.4 is 0 Å². The van der Waals surface area contributed by atoms with Crippen LogP contribution in [0.2, 0.25) is 0 Å². The van der Waals surface area contributed by atoms with E-state index in [0.29, 0.717) is 6.42 Å². The fourth-order valence-electron chi connectivity index (χ4n) is 4.17. The normalized spacial score (nSPS) is 21.2. The zero-order chi connectivity index (χ0) is 18.6. The van der Waals surface area contributed by atoms with Crippen LogP contribution in [0.5, 0.6) is 0 Å². The van der Waals surface area contributed by atoms with Crippen LogP contribution in [-0.2, 0) is 16.0 Å². The molecule has 3 heterocycles. The molecule has 0 unspecified atom stereocenters. The van der Waals surface area contributed by atoms with Crippen LogP contribution in [0, 0.1) is 5.41 Å². The predicted octanol–water partition coefficient (Wildman–Crippen LogP) is 2.33. The van der Waals surface area contributed by atoms with E-state index in [-0.39, 0.29) is 22.5 Å². The van der Waals surface area contributed by atoms with Crippen LogP contribution in [0.1, 0.15) is 45.2 Å². The quantitative estimate of drug-likeness (QED) is 0.825. The van der Waals surface area contributed by atoms with Crippen LogP contribution >= 0.6 is 11.8 Å². The minimum atomic E-state index is 0.0490. The zero-order valence-electron chi connectivity index (χ0n) is 15.9. The van der Waals surface area contributed by atoms with Gasteiger partial charge in [-0.05, 0) is 37.4 Å². The first kappa shape index (κ1) is 19.3. The van der Waals surface area contributed by atoms with Gasteiger partial charge in [-0.3, -0.25) is 9.59 Å². The molecule has 0 aliphatic carbocycles. The Kier molecular flexibility index (Phi) is 6.27. The number of aromatic nitrogens is 2. The van der Waals surface area contributed by atoms with Crippen molar-refractivity contribution >= 4 is 23.6 Å².